The summed E-state index contributed by atoms with van der Waals surface area (Å²) in [6.07, 6.45) is 0. The zero-order valence-electron chi connectivity index (χ0n) is 12.2. The zero-order chi connectivity index (χ0) is 18.0. The predicted molar refractivity (Wildman–Crippen MR) is 82.8 cm³/mol. The minimum atomic E-state index is -5.78. The van der Waals surface area contributed by atoms with Gasteiger partial charge in [0.15, 0.2) is 0 Å². The van der Waals surface area contributed by atoms with Crippen molar-refractivity contribution < 1.29 is 30.5 Å². The van der Waals surface area contributed by atoms with E-state index in [1.807, 2.05) is 0 Å². The lowest BCUT2D eigenvalue weighted by Crippen LogP contribution is -2.28. The molecule has 1 atom stereocenters. The summed E-state index contributed by atoms with van der Waals surface area (Å²) in [7, 11) is -5.78. The molecule has 2 aromatic rings. The molecular weight excluding hydrogens is 369 g/mol. The van der Waals surface area contributed by atoms with Crippen LogP contribution in [0.2, 0.25) is 0 Å². The highest BCUT2D eigenvalue weighted by Crippen LogP contribution is 2.37. The van der Waals surface area contributed by atoms with E-state index in [0.29, 0.717) is 5.75 Å². The van der Waals surface area contributed by atoms with E-state index in [4.69, 9.17) is 16.3 Å². The van der Waals surface area contributed by atoms with E-state index in [0.717, 1.165) is 6.07 Å². The second kappa shape index (κ2) is 6.90. The van der Waals surface area contributed by atoms with E-state index in [2.05, 4.69) is 4.18 Å². The highest BCUT2D eigenvalue weighted by atomic mass is 35.5. The molecule has 2 rings (SSSR count). The topological polar surface area (TPSA) is 52.6 Å². The standard InChI is InChI=1S/C15H12ClF3O4S/c1-10(16)13-9-12(22-11-5-3-2-4-6-11)7-8-14(13)23-24(20,21)15(17,18)19/h2-10H,1H3. The number of ether oxygens (including phenoxy) is 1. The van der Waals surface area contributed by atoms with Gasteiger partial charge in [-0.15, -0.1) is 11.6 Å². The molecule has 0 spiro atoms. The number of para-hydroxylation sites is 1. The fourth-order valence-electron chi connectivity index (χ4n) is 1.77. The third-order valence-electron chi connectivity index (χ3n) is 2.87. The Morgan fingerprint density at radius 1 is 1.04 bits per heavy atom. The summed E-state index contributed by atoms with van der Waals surface area (Å²) < 4.78 is 69.4. The fourth-order valence-corrected chi connectivity index (χ4v) is 2.42. The van der Waals surface area contributed by atoms with Crippen molar-refractivity contribution in [3.63, 3.8) is 0 Å². The maximum Gasteiger partial charge on any atom is 0.534 e. The molecule has 0 amide bonds. The summed E-state index contributed by atoms with van der Waals surface area (Å²) >= 11 is 5.91. The van der Waals surface area contributed by atoms with Crippen molar-refractivity contribution in [1.82, 2.24) is 0 Å². The second-order valence-corrected chi connectivity index (χ2v) is 6.91. The van der Waals surface area contributed by atoms with E-state index >= 15 is 0 Å². The summed E-state index contributed by atoms with van der Waals surface area (Å²) in [4.78, 5) is 0. The van der Waals surface area contributed by atoms with Gasteiger partial charge in [-0.05, 0) is 37.3 Å². The minimum Gasteiger partial charge on any atom is -0.457 e. The molecule has 0 aliphatic heterocycles. The lowest BCUT2D eigenvalue weighted by atomic mass is 10.1. The van der Waals surface area contributed by atoms with Crippen molar-refractivity contribution in [2.45, 2.75) is 17.8 Å². The van der Waals surface area contributed by atoms with Gasteiger partial charge in [0.25, 0.3) is 0 Å². The molecule has 0 saturated carbocycles. The van der Waals surface area contributed by atoms with Crippen molar-refractivity contribution in [3.05, 3.63) is 54.1 Å². The van der Waals surface area contributed by atoms with Crippen LogP contribution in [0.25, 0.3) is 0 Å². The van der Waals surface area contributed by atoms with E-state index in [1.165, 1.54) is 19.1 Å². The average molecular weight is 381 g/mol. The summed E-state index contributed by atoms with van der Waals surface area (Å²) in [6.45, 7) is 1.47. The van der Waals surface area contributed by atoms with Crippen LogP contribution < -0.4 is 8.92 Å². The molecule has 130 valence electrons. The Morgan fingerprint density at radius 2 is 1.67 bits per heavy atom. The number of benzene rings is 2. The lowest BCUT2D eigenvalue weighted by Gasteiger charge is -2.15. The SMILES string of the molecule is CC(Cl)c1cc(Oc2ccccc2)ccc1OS(=O)(=O)C(F)(F)F. The molecule has 0 bridgehead atoms. The summed E-state index contributed by atoms with van der Waals surface area (Å²) in [6, 6.07) is 12.3. The molecule has 0 heterocycles. The van der Waals surface area contributed by atoms with Crippen LogP contribution in [0, 0.1) is 0 Å². The molecule has 0 aliphatic rings. The Balaban J connectivity index is 2.34. The van der Waals surface area contributed by atoms with Crippen LogP contribution in [0.5, 0.6) is 17.2 Å². The number of hydrogen-bond donors (Lipinski definition) is 0. The van der Waals surface area contributed by atoms with Gasteiger partial charge in [0, 0.05) is 5.56 Å². The smallest absolute Gasteiger partial charge is 0.457 e. The quantitative estimate of drug-likeness (QED) is 0.416. The van der Waals surface area contributed by atoms with Crippen LogP contribution in [0.15, 0.2) is 48.5 Å². The monoisotopic (exact) mass is 380 g/mol. The van der Waals surface area contributed by atoms with Gasteiger partial charge in [-0.1, -0.05) is 18.2 Å². The first-order chi connectivity index (χ1) is 11.1. The molecule has 0 radical (unpaired) electrons. The highest BCUT2D eigenvalue weighted by molar-refractivity contribution is 7.88. The van der Waals surface area contributed by atoms with Gasteiger partial charge < -0.3 is 8.92 Å². The van der Waals surface area contributed by atoms with Crippen LogP contribution in [-0.4, -0.2) is 13.9 Å². The minimum absolute atomic E-state index is 0.0536. The first-order valence-electron chi connectivity index (χ1n) is 6.62. The molecule has 0 aromatic heterocycles. The number of halogens is 4. The van der Waals surface area contributed by atoms with Crippen LogP contribution in [0.3, 0.4) is 0 Å². The molecule has 0 fully saturated rings. The van der Waals surface area contributed by atoms with Gasteiger partial charge >= 0.3 is 15.6 Å². The van der Waals surface area contributed by atoms with Crippen molar-refractivity contribution in [1.29, 1.82) is 0 Å². The van der Waals surface area contributed by atoms with E-state index in [-0.39, 0.29) is 11.3 Å². The van der Waals surface area contributed by atoms with Gasteiger partial charge in [0.05, 0.1) is 5.38 Å². The second-order valence-electron chi connectivity index (χ2n) is 4.71. The normalized spacial score (nSPS) is 13.4. The summed E-state index contributed by atoms with van der Waals surface area (Å²) in [5.41, 5.74) is -5.48. The third kappa shape index (κ3) is 4.33. The van der Waals surface area contributed by atoms with Gasteiger partial charge in [-0.25, -0.2) is 0 Å². The predicted octanol–water partition coefficient (Wildman–Crippen LogP) is 5.01. The Kier molecular flexibility index (Phi) is 5.29. The van der Waals surface area contributed by atoms with Crippen LogP contribution in [0.4, 0.5) is 13.2 Å². The van der Waals surface area contributed by atoms with Crippen molar-refractivity contribution in [3.8, 4) is 17.2 Å². The van der Waals surface area contributed by atoms with Crippen molar-refractivity contribution >= 4 is 21.7 Å². The maximum atomic E-state index is 12.4. The largest absolute Gasteiger partial charge is 0.534 e. The Labute approximate surface area is 141 Å². The molecule has 4 nitrogen and oxygen atoms in total. The van der Waals surface area contributed by atoms with E-state index in [9.17, 15) is 21.6 Å². The molecule has 1 unspecified atom stereocenters. The maximum absolute atomic E-state index is 12.4. The third-order valence-corrected chi connectivity index (χ3v) is 4.07. The van der Waals surface area contributed by atoms with E-state index in [1.54, 1.807) is 30.3 Å². The molecule has 0 N–H and O–H groups in total. The fraction of sp³-hybridized carbons (Fsp3) is 0.200. The first-order valence-corrected chi connectivity index (χ1v) is 8.46. The highest BCUT2D eigenvalue weighted by Gasteiger charge is 2.48. The molecular formula is C15H12ClF3O4S. The van der Waals surface area contributed by atoms with Crippen molar-refractivity contribution in [2.75, 3.05) is 0 Å². The Hall–Kier alpha value is -1.93. The van der Waals surface area contributed by atoms with Gasteiger partial charge in [-0.3, -0.25) is 0 Å². The first kappa shape index (κ1) is 18.4. The Morgan fingerprint density at radius 3 is 2.21 bits per heavy atom. The van der Waals surface area contributed by atoms with Gasteiger partial charge in [0.1, 0.15) is 17.2 Å². The molecule has 9 heteroatoms. The van der Waals surface area contributed by atoms with Crippen LogP contribution in [-0.2, 0) is 10.1 Å². The molecule has 24 heavy (non-hydrogen) atoms. The average Bonchev–Trinajstić information content (AvgIpc) is 2.48. The van der Waals surface area contributed by atoms with Gasteiger partial charge in [0.2, 0.25) is 0 Å². The molecule has 0 aliphatic carbocycles. The van der Waals surface area contributed by atoms with Gasteiger partial charge in [-0.2, -0.15) is 21.6 Å². The number of alkyl halides is 4. The van der Waals surface area contributed by atoms with Crippen LogP contribution >= 0.6 is 11.6 Å². The summed E-state index contributed by atoms with van der Waals surface area (Å²) in [5, 5.41) is -0.803. The number of rotatable bonds is 5. The molecule has 0 saturated heterocycles. The Bertz CT molecular complexity index is 805. The number of hydrogen-bond acceptors (Lipinski definition) is 4. The van der Waals surface area contributed by atoms with E-state index < -0.39 is 26.8 Å². The zero-order valence-corrected chi connectivity index (χ0v) is 13.8. The van der Waals surface area contributed by atoms with Crippen molar-refractivity contribution in [2.24, 2.45) is 0 Å². The molecule has 2 aromatic carbocycles. The summed E-state index contributed by atoms with van der Waals surface area (Å²) in [5.74, 6) is 0.276. The lowest BCUT2D eigenvalue weighted by molar-refractivity contribution is -0.0500. The van der Waals surface area contributed by atoms with Crippen LogP contribution in [0.1, 0.15) is 17.9 Å².